The van der Waals surface area contributed by atoms with Crippen LogP contribution in [0.2, 0.25) is 5.02 Å². The van der Waals surface area contributed by atoms with Crippen LogP contribution in [-0.4, -0.2) is 19.8 Å². The highest BCUT2D eigenvalue weighted by molar-refractivity contribution is 6.36. The Morgan fingerprint density at radius 3 is 2.59 bits per heavy atom. The van der Waals surface area contributed by atoms with Crippen molar-refractivity contribution >= 4 is 33.1 Å². The van der Waals surface area contributed by atoms with Crippen molar-refractivity contribution in [1.82, 2.24) is 0 Å². The van der Waals surface area contributed by atoms with Gasteiger partial charge in [0.1, 0.15) is 5.75 Å². The molecule has 0 spiro atoms. The van der Waals surface area contributed by atoms with Crippen LogP contribution in [0.1, 0.15) is 6.92 Å². The number of ether oxygens (including phenoxy) is 2. The second-order valence-corrected chi connectivity index (χ2v) is 6.76. The molecule has 0 bridgehead atoms. The van der Waals surface area contributed by atoms with Gasteiger partial charge in [-0.15, -0.1) is 0 Å². The number of rotatable bonds is 3. The molecule has 0 atom stereocenters. The second kappa shape index (κ2) is 5.15. The SMILES string of the molecule is CC1(COc2c3ccccc3cc3c(Cl)cccc23)COC1. The van der Waals surface area contributed by atoms with E-state index in [2.05, 4.69) is 31.2 Å². The van der Waals surface area contributed by atoms with Crippen molar-refractivity contribution in [3.8, 4) is 5.75 Å². The first-order chi connectivity index (χ1) is 10.7. The van der Waals surface area contributed by atoms with Crippen LogP contribution in [0.4, 0.5) is 0 Å². The molecule has 112 valence electrons. The number of hydrogen-bond donors (Lipinski definition) is 0. The van der Waals surface area contributed by atoms with Crippen LogP contribution in [0, 0.1) is 5.41 Å². The maximum absolute atomic E-state index is 6.38. The molecule has 3 heteroatoms. The lowest BCUT2D eigenvalue weighted by Crippen LogP contribution is -2.44. The standard InChI is InChI=1S/C19H17ClO2/c1-19(10-21-11-19)12-22-18-14-6-3-2-5-13(14)9-16-15(18)7-4-8-17(16)20/h2-9H,10-12H2,1H3. The lowest BCUT2D eigenvalue weighted by molar-refractivity contribution is -0.120. The second-order valence-electron chi connectivity index (χ2n) is 6.35. The molecule has 2 nitrogen and oxygen atoms in total. The zero-order valence-corrected chi connectivity index (χ0v) is 13.2. The normalized spacial score (nSPS) is 16.6. The largest absolute Gasteiger partial charge is 0.492 e. The Kier molecular flexibility index (Phi) is 3.24. The Morgan fingerprint density at radius 2 is 1.82 bits per heavy atom. The summed E-state index contributed by atoms with van der Waals surface area (Å²) in [7, 11) is 0. The highest BCUT2D eigenvalue weighted by Crippen LogP contribution is 2.39. The molecule has 1 fully saturated rings. The summed E-state index contributed by atoms with van der Waals surface area (Å²) in [5.74, 6) is 0.920. The minimum Gasteiger partial charge on any atom is -0.492 e. The molecule has 0 saturated carbocycles. The van der Waals surface area contributed by atoms with E-state index in [1.54, 1.807) is 0 Å². The Balaban J connectivity index is 1.89. The van der Waals surface area contributed by atoms with Crippen molar-refractivity contribution in [2.45, 2.75) is 6.92 Å². The summed E-state index contributed by atoms with van der Waals surface area (Å²) >= 11 is 6.38. The third-order valence-electron chi connectivity index (χ3n) is 4.27. The molecule has 0 unspecified atom stereocenters. The van der Waals surface area contributed by atoms with Gasteiger partial charge in [0.2, 0.25) is 0 Å². The third kappa shape index (κ3) is 2.23. The quantitative estimate of drug-likeness (QED) is 0.629. The fraction of sp³-hybridized carbons (Fsp3) is 0.263. The van der Waals surface area contributed by atoms with Gasteiger partial charge in [0.05, 0.1) is 19.8 Å². The minimum absolute atomic E-state index is 0.113. The monoisotopic (exact) mass is 312 g/mol. The summed E-state index contributed by atoms with van der Waals surface area (Å²) in [4.78, 5) is 0. The molecule has 3 aromatic carbocycles. The lowest BCUT2D eigenvalue weighted by Gasteiger charge is -2.37. The first kappa shape index (κ1) is 13.9. The van der Waals surface area contributed by atoms with E-state index in [4.69, 9.17) is 21.1 Å². The van der Waals surface area contributed by atoms with E-state index in [-0.39, 0.29) is 5.41 Å². The third-order valence-corrected chi connectivity index (χ3v) is 4.60. The number of hydrogen-bond acceptors (Lipinski definition) is 2. The van der Waals surface area contributed by atoms with Gasteiger partial charge in [0.15, 0.2) is 0 Å². The van der Waals surface area contributed by atoms with E-state index < -0.39 is 0 Å². The topological polar surface area (TPSA) is 18.5 Å². The predicted octanol–water partition coefficient (Wildman–Crippen LogP) is 5.06. The lowest BCUT2D eigenvalue weighted by atomic mass is 9.90. The molecular weight excluding hydrogens is 296 g/mol. The highest BCUT2D eigenvalue weighted by atomic mass is 35.5. The van der Waals surface area contributed by atoms with Crippen LogP contribution in [0.5, 0.6) is 5.75 Å². The summed E-state index contributed by atoms with van der Waals surface area (Å²) in [5.41, 5.74) is 0.113. The summed E-state index contributed by atoms with van der Waals surface area (Å²) in [6, 6.07) is 16.4. The van der Waals surface area contributed by atoms with Gasteiger partial charge in [-0.3, -0.25) is 0 Å². The molecule has 1 heterocycles. The average Bonchev–Trinajstić information content (AvgIpc) is 2.50. The van der Waals surface area contributed by atoms with Crippen molar-refractivity contribution in [2.24, 2.45) is 5.41 Å². The van der Waals surface area contributed by atoms with Crippen LogP contribution in [0.15, 0.2) is 48.5 Å². The molecule has 0 radical (unpaired) electrons. The number of halogens is 1. The molecular formula is C19H17ClO2. The van der Waals surface area contributed by atoms with Crippen molar-refractivity contribution in [3.05, 3.63) is 53.6 Å². The Bertz CT molecular complexity index is 853. The Morgan fingerprint density at radius 1 is 1.05 bits per heavy atom. The van der Waals surface area contributed by atoms with E-state index in [9.17, 15) is 0 Å². The van der Waals surface area contributed by atoms with Gasteiger partial charge in [-0.25, -0.2) is 0 Å². The minimum atomic E-state index is 0.113. The van der Waals surface area contributed by atoms with Gasteiger partial charge in [-0.05, 0) is 17.5 Å². The van der Waals surface area contributed by atoms with Crippen LogP contribution < -0.4 is 4.74 Å². The predicted molar refractivity (Wildman–Crippen MR) is 90.9 cm³/mol. The molecule has 0 aromatic heterocycles. The zero-order chi connectivity index (χ0) is 15.2. The van der Waals surface area contributed by atoms with Crippen molar-refractivity contribution in [3.63, 3.8) is 0 Å². The molecule has 1 saturated heterocycles. The van der Waals surface area contributed by atoms with Crippen molar-refractivity contribution in [2.75, 3.05) is 19.8 Å². The molecule has 0 N–H and O–H groups in total. The van der Waals surface area contributed by atoms with E-state index in [0.29, 0.717) is 6.61 Å². The summed E-state index contributed by atoms with van der Waals surface area (Å²) in [5, 5.41) is 5.13. The number of benzene rings is 3. The van der Waals surface area contributed by atoms with E-state index in [1.807, 2.05) is 24.3 Å². The maximum Gasteiger partial charge on any atom is 0.135 e. The van der Waals surface area contributed by atoms with Crippen molar-refractivity contribution < 1.29 is 9.47 Å². The van der Waals surface area contributed by atoms with Gasteiger partial charge in [0.25, 0.3) is 0 Å². The average molecular weight is 313 g/mol. The van der Waals surface area contributed by atoms with Crippen LogP contribution >= 0.6 is 11.6 Å². The zero-order valence-electron chi connectivity index (χ0n) is 12.4. The first-order valence-corrected chi connectivity index (χ1v) is 7.85. The van der Waals surface area contributed by atoms with Crippen molar-refractivity contribution in [1.29, 1.82) is 0 Å². The first-order valence-electron chi connectivity index (χ1n) is 7.47. The Hall–Kier alpha value is -1.77. The molecule has 0 amide bonds. The van der Waals surface area contributed by atoms with Gasteiger partial charge >= 0.3 is 0 Å². The van der Waals surface area contributed by atoms with E-state index in [1.165, 1.54) is 0 Å². The van der Waals surface area contributed by atoms with E-state index in [0.717, 1.165) is 45.5 Å². The fourth-order valence-electron chi connectivity index (χ4n) is 2.95. The van der Waals surface area contributed by atoms with Gasteiger partial charge in [-0.1, -0.05) is 54.9 Å². The summed E-state index contributed by atoms with van der Waals surface area (Å²) in [6.45, 7) is 4.37. The summed E-state index contributed by atoms with van der Waals surface area (Å²) in [6.07, 6.45) is 0. The van der Waals surface area contributed by atoms with Gasteiger partial charge in [-0.2, -0.15) is 0 Å². The molecule has 1 aliphatic heterocycles. The van der Waals surface area contributed by atoms with E-state index >= 15 is 0 Å². The summed E-state index contributed by atoms with van der Waals surface area (Å²) < 4.78 is 11.6. The highest BCUT2D eigenvalue weighted by Gasteiger charge is 2.34. The Labute approximate surface area is 134 Å². The smallest absolute Gasteiger partial charge is 0.135 e. The fourth-order valence-corrected chi connectivity index (χ4v) is 3.18. The number of fused-ring (bicyclic) bond motifs is 2. The van der Waals surface area contributed by atoms with Crippen LogP contribution in [0.3, 0.4) is 0 Å². The maximum atomic E-state index is 6.38. The van der Waals surface area contributed by atoms with Gasteiger partial charge in [0, 0.05) is 26.6 Å². The molecule has 22 heavy (non-hydrogen) atoms. The van der Waals surface area contributed by atoms with Gasteiger partial charge < -0.3 is 9.47 Å². The van der Waals surface area contributed by atoms with Crippen LogP contribution in [-0.2, 0) is 4.74 Å². The molecule has 0 aliphatic carbocycles. The molecule has 1 aliphatic rings. The molecule has 3 aromatic rings. The molecule has 4 rings (SSSR count). The van der Waals surface area contributed by atoms with Crippen LogP contribution in [0.25, 0.3) is 21.5 Å².